The van der Waals surface area contributed by atoms with Gasteiger partial charge in [-0.2, -0.15) is 18.3 Å². The molecule has 0 radical (unpaired) electrons. The van der Waals surface area contributed by atoms with Crippen molar-refractivity contribution in [2.24, 2.45) is 0 Å². The van der Waals surface area contributed by atoms with Crippen LogP contribution in [-0.4, -0.2) is 27.0 Å². The highest BCUT2D eigenvalue weighted by Crippen LogP contribution is 2.45. The lowest BCUT2D eigenvalue weighted by Gasteiger charge is -2.33. The number of phenols is 1. The molecule has 0 unspecified atom stereocenters. The van der Waals surface area contributed by atoms with Crippen LogP contribution in [0.15, 0.2) is 41.9 Å². The van der Waals surface area contributed by atoms with Gasteiger partial charge in [-0.3, -0.25) is 4.79 Å². The second kappa shape index (κ2) is 7.27. The van der Waals surface area contributed by atoms with Crippen molar-refractivity contribution in [1.29, 1.82) is 0 Å². The first-order valence-corrected chi connectivity index (χ1v) is 9.74. The summed E-state index contributed by atoms with van der Waals surface area (Å²) in [6.45, 7) is 0. The van der Waals surface area contributed by atoms with Gasteiger partial charge in [0, 0.05) is 16.3 Å². The molecular weight excluding hydrogens is 429 g/mol. The van der Waals surface area contributed by atoms with E-state index in [2.05, 4.69) is 15.7 Å². The van der Waals surface area contributed by atoms with Crippen LogP contribution in [0.4, 0.5) is 24.7 Å². The van der Waals surface area contributed by atoms with Crippen molar-refractivity contribution in [2.75, 3.05) is 10.6 Å². The minimum absolute atomic E-state index is 0.0315. The summed E-state index contributed by atoms with van der Waals surface area (Å²) in [6, 6.07) is 5.09. The van der Waals surface area contributed by atoms with Crippen LogP contribution in [0.1, 0.15) is 33.7 Å². The van der Waals surface area contributed by atoms with Gasteiger partial charge in [0.1, 0.15) is 17.1 Å². The summed E-state index contributed by atoms with van der Waals surface area (Å²) < 4.78 is 41.8. The zero-order valence-corrected chi connectivity index (χ0v) is 16.1. The van der Waals surface area contributed by atoms with Crippen molar-refractivity contribution >= 4 is 40.4 Å². The summed E-state index contributed by atoms with van der Waals surface area (Å²) in [4.78, 5) is 13.5. The number of aromatic nitrogens is 2. The summed E-state index contributed by atoms with van der Waals surface area (Å²) in [7, 11) is 0. The second-order valence-electron chi connectivity index (χ2n) is 6.47. The lowest BCUT2D eigenvalue weighted by molar-refractivity contribution is -0.173. The number of hydrogen-bond donors (Lipinski definition) is 3. The molecule has 3 N–H and O–H groups in total. The van der Waals surface area contributed by atoms with E-state index in [0.29, 0.717) is 0 Å². The molecule has 1 aromatic carbocycles. The lowest BCUT2D eigenvalue weighted by atomic mass is 10.0. The predicted octanol–water partition coefficient (Wildman–Crippen LogP) is 5.22. The molecule has 0 aliphatic carbocycles. The van der Waals surface area contributed by atoms with Gasteiger partial charge in [0.05, 0.1) is 17.9 Å². The Morgan fingerprint density at radius 3 is 2.86 bits per heavy atom. The van der Waals surface area contributed by atoms with Gasteiger partial charge in [-0.25, -0.2) is 4.68 Å². The topological polar surface area (TPSA) is 79.2 Å². The smallest absolute Gasteiger partial charge is 0.410 e. The highest BCUT2D eigenvalue weighted by Gasteiger charge is 2.47. The number of rotatable bonds is 3. The summed E-state index contributed by atoms with van der Waals surface area (Å²) in [5.74, 6) is -0.971. The molecule has 0 saturated carbocycles. The molecule has 1 aliphatic rings. The Bertz CT molecular complexity index is 1050. The monoisotopic (exact) mass is 442 g/mol. The predicted molar refractivity (Wildman–Crippen MR) is 104 cm³/mol. The fraction of sp³-hybridized carbons (Fsp3) is 0.222. The number of carbonyl (C=O) groups is 1. The summed E-state index contributed by atoms with van der Waals surface area (Å²) in [5, 5.41) is 21.2. The number of benzene rings is 1. The molecule has 6 nitrogen and oxygen atoms in total. The van der Waals surface area contributed by atoms with Crippen LogP contribution in [0.3, 0.4) is 0 Å². The van der Waals surface area contributed by atoms with Crippen LogP contribution in [0.5, 0.6) is 5.75 Å². The van der Waals surface area contributed by atoms with Crippen molar-refractivity contribution in [1.82, 2.24) is 9.78 Å². The third kappa shape index (κ3) is 3.77. The molecule has 4 rings (SSSR count). The molecule has 3 aromatic rings. The summed E-state index contributed by atoms with van der Waals surface area (Å²) in [5.41, 5.74) is -0.0275. The molecule has 3 heterocycles. The van der Waals surface area contributed by atoms with Gasteiger partial charge >= 0.3 is 6.18 Å². The van der Waals surface area contributed by atoms with Crippen LogP contribution >= 0.6 is 22.9 Å². The fourth-order valence-corrected chi connectivity index (χ4v) is 4.17. The SMILES string of the molecule is O=C(Nc1cc(Cl)ccc1O)c1cnn2c1N[C@@H](c1cccs1)C[C@H]2C(F)(F)F. The highest BCUT2D eigenvalue weighted by atomic mass is 35.5. The highest BCUT2D eigenvalue weighted by molar-refractivity contribution is 7.10. The van der Waals surface area contributed by atoms with Gasteiger partial charge < -0.3 is 15.7 Å². The van der Waals surface area contributed by atoms with Gasteiger partial charge in [0.2, 0.25) is 0 Å². The maximum atomic E-state index is 13.7. The van der Waals surface area contributed by atoms with E-state index in [1.54, 1.807) is 17.5 Å². The number of nitrogens with zero attached hydrogens (tertiary/aromatic N) is 2. The third-order valence-corrected chi connectivity index (χ3v) is 5.80. The van der Waals surface area contributed by atoms with E-state index in [1.807, 2.05) is 0 Å². The Morgan fingerprint density at radius 1 is 1.38 bits per heavy atom. The van der Waals surface area contributed by atoms with Gasteiger partial charge in [-0.1, -0.05) is 17.7 Å². The lowest BCUT2D eigenvalue weighted by Crippen LogP contribution is -2.36. The molecular formula is C18H14ClF3N4O2S. The molecule has 2 atom stereocenters. The molecule has 1 amide bonds. The summed E-state index contributed by atoms with van der Waals surface area (Å²) in [6.07, 6.45) is -3.69. The number of hydrogen-bond acceptors (Lipinski definition) is 5. The van der Waals surface area contributed by atoms with Crippen LogP contribution in [0.25, 0.3) is 0 Å². The van der Waals surface area contributed by atoms with Gasteiger partial charge in [0.25, 0.3) is 5.91 Å². The second-order valence-corrected chi connectivity index (χ2v) is 7.89. The largest absolute Gasteiger partial charge is 0.506 e. The number of aromatic hydroxyl groups is 1. The maximum Gasteiger partial charge on any atom is 0.410 e. The van der Waals surface area contributed by atoms with Crippen LogP contribution in [-0.2, 0) is 0 Å². The molecule has 0 fully saturated rings. The first-order chi connectivity index (χ1) is 13.7. The number of halogens is 4. The van der Waals surface area contributed by atoms with Crippen molar-refractivity contribution < 1.29 is 23.1 Å². The van der Waals surface area contributed by atoms with E-state index in [9.17, 15) is 23.1 Å². The van der Waals surface area contributed by atoms with Crippen LogP contribution in [0, 0.1) is 0 Å². The zero-order valence-electron chi connectivity index (χ0n) is 14.6. The Labute approximate surface area is 171 Å². The van der Waals surface area contributed by atoms with E-state index < -0.39 is 24.2 Å². The van der Waals surface area contributed by atoms with E-state index in [4.69, 9.17) is 11.6 Å². The number of fused-ring (bicyclic) bond motifs is 1. The summed E-state index contributed by atoms with van der Waals surface area (Å²) >= 11 is 7.20. The molecule has 2 aromatic heterocycles. The molecule has 29 heavy (non-hydrogen) atoms. The number of amides is 1. The van der Waals surface area contributed by atoms with Crippen molar-refractivity contribution in [3.05, 3.63) is 57.4 Å². The standard InChI is InChI=1S/C18H14ClF3N4O2S/c19-9-3-4-13(27)11(6-9)25-17(28)10-8-23-26-15(18(20,21)22)7-12(24-16(10)26)14-2-1-5-29-14/h1-6,8,12,15,24,27H,7H2,(H,25,28)/t12-,15+/m1/s1. The van der Waals surface area contributed by atoms with Crippen LogP contribution in [0.2, 0.25) is 5.02 Å². The Morgan fingerprint density at radius 2 is 2.17 bits per heavy atom. The first kappa shape index (κ1) is 19.6. The molecule has 152 valence electrons. The van der Waals surface area contributed by atoms with Crippen molar-refractivity contribution in [3.63, 3.8) is 0 Å². The molecule has 0 spiro atoms. The van der Waals surface area contributed by atoms with Crippen LogP contribution < -0.4 is 10.6 Å². The first-order valence-electron chi connectivity index (χ1n) is 8.48. The average Bonchev–Trinajstić information content (AvgIpc) is 3.32. The minimum Gasteiger partial charge on any atom is -0.506 e. The minimum atomic E-state index is -4.53. The number of anilines is 2. The normalized spacial score (nSPS) is 18.8. The zero-order chi connectivity index (χ0) is 20.8. The van der Waals surface area contributed by atoms with E-state index in [0.717, 1.165) is 15.8 Å². The molecule has 11 heteroatoms. The van der Waals surface area contributed by atoms with E-state index in [-0.39, 0.29) is 34.3 Å². The number of nitrogens with one attached hydrogen (secondary N) is 2. The Kier molecular flexibility index (Phi) is 4.91. The molecule has 0 bridgehead atoms. The van der Waals surface area contributed by atoms with E-state index in [1.165, 1.54) is 29.5 Å². The molecule has 1 aliphatic heterocycles. The Hall–Kier alpha value is -2.72. The van der Waals surface area contributed by atoms with Crippen molar-refractivity contribution in [3.8, 4) is 5.75 Å². The number of thiophene rings is 1. The number of carbonyl (C=O) groups excluding carboxylic acids is 1. The van der Waals surface area contributed by atoms with E-state index >= 15 is 0 Å². The fourth-order valence-electron chi connectivity index (χ4n) is 3.20. The molecule has 0 saturated heterocycles. The quantitative estimate of drug-likeness (QED) is 0.486. The van der Waals surface area contributed by atoms with Gasteiger partial charge in [-0.15, -0.1) is 11.3 Å². The third-order valence-electron chi connectivity index (χ3n) is 4.58. The van der Waals surface area contributed by atoms with Gasteiger partial charge in [0.15, 0.2) is 6.04 Å². The Balaban J connectivity index is 1.70. The average molecular weight is 443 g/mol. The number of phenolic OH excluding ortho intramolecular Hbond substituents is 1. The van der Waals surface area contributed by atoms with Crippen molar-refractivity contribution in [2.45, 2.75) is 24.7 Å². The number of alkyl halides is 3. The van der Waals surface area contributed by atoms with Gasteiger partial charge in [-0.05, 0) is 29.6 Å². The maximum absolute atomic E-state index is 13.7.